The highest BCUT2D eigenvalue weighted by Crippen LogP contribution is 2.10. The Morgan fingerprint density at radius 1 is 1.20 bits per heavy atom. The monoisotopic (exact) mass is 276 g/mol. The highest BCUT2D eigenvalue weighted by Gasteiger charge is 2.15. The molecule has 0 aromatic heterocycles. The van der Waals surface area contributed by atoms with E-state index in [1.807, 2.05) is 39.0 Å². The number of amides is 2. The van der Waals surface area contributed by atoms with Gasteiger partial charge in [-0.05, 0) is 43.9 Å². The van der Waals surface area contributed by atoms with Crippen LogP contribution in [0.4, 0.5) is 0 Å². The molecule has 0 aliphatic heterocycles. The molecule has 0 spiro atoms. The Kier molecular flexibility index (Phi) is 6.22. The van der Waals surface area contributed by atoms with Crippen molar-refractivity contribution >= 4 is 11.8 Å². The van der Waals surface area contributed by atoms with Crippen molar-refractivity contribution in [3.8, 4) is 0 Å². The molecular weight excluding hydrogens is 252 g/mol. The van der Waals surface area contributed by atoms with E-state index in [-0.39, 0.29) is 11.8 Å². The third-order valence-corrected chi connectivity index (χ3v) is 3.26. The number of aryl methyl sites for hydroxylation is 2. The maximum Gasteiger partial charge on any atom is 0.242 e. The van der Waals surface area contributed by atoms with Crippen LogP contribution in [0.3, 0.4) is 0 Å². The molecule has 0 fully saturated rings. The maximum absolute atomic E-state index is 11.9. The molecule has 110 valence electrons. The second-order valence-corrected chi connectivity index (χ2v) is 5.18. The maximum atomic E-state index is 11.9. The molecule has 1 aromatic rings. The molecule has 20 heavy (non-hydrogen) atoms. The van der Waals surface area contributed by atoms with Gasteiger partial charge in [-0.1, -0.05) is 25.1 Å². The molecule has 0 radical (unpaired) electrons. The Hall–Kier alpha value is -1.84. The minimum Gasteiger partial charge on any atom is -0.354 e. The van der Waals surface area contributed by atoms with Crippen LogP contribution in [0.1, 0.15) is 37.0 Å². The first-order valence-corrected chi connectivity index (χ1v) is 7.07. The van der Waals surface area contributed by atoms with Crippen LogP contribution in [0.5, 0.6) is 0 Å². The minimum atomic E-state index is -0.499. The number of carbonyl (C=O) groups excluding carboxylic acids is 2. The Labute approximate surface area is 121 Å². The van der Waals surface area contributed by atoms with Crippen molar-refractivity contribution in [3.63, 3.8) is 0 Å². The lowest BCUT2D eigenvalue weighted by atomic mass is 10.0. The number of carbonyl (C=O) groups is 2. The fourth-order valence-corrected chi connectivity index (χ4v) is 1.86. The topological polar surface area (TPSA) is 58.2 Å². The summed E-state index contributed by atoms with van der Waals surface area (Å²) in [4.78, 5) is 23.6. The van der Waals surface area contributed by atoms with Gasteiger partial charge in [-0.3, -0.25) is 9.59 Å². The lowest BCUT2D eigenvalue weighted by molar-refractivity contribution is -0.128. The van der Waals surface area contributed by atoms with Gasteiger partial charge in [-0.25, -0.2) is 0 Å². The molecule has 0 bridgehead atoms. The fraction of sp³-hybridized carbons (Fsp3) is 0.500. The van der Waals surface area contributed by atoms with Gasteiger partial charge in [0.2, 0.25) is 11.8 Å². The molecule has 1 rings (SSSR count). The van der Waals surface area contributed by atoms with E-state index in [1.165, 1.54) is 11.1 Å². The van der Waals surface area contributed by atoms with Crippen molar-refractivity contribution in [1.82, 2.24) is 10.6 Å². The average Bonchev–Trinajstić information content (AvgIpc) is 2.40. The fourth-order valence-electron chi connectivity index (χ4n) is 1.86. The van der Waals surface area contributed by atoms with E-state index >= 15 is 0 Å². The van der Waals surface area contributed by atoms with E-state index in [4.69, 9.17) is 0 Å². The molecule has 0 saturated heterocycles. The molecule has 0 aliphatic rings. The molecule has 0 heterocycles. The van der Waals surface area contributed by atoms with E-state index in [0.29, 0.717) is 13.0 Å². The Bertz CT molecular complexity index is 483. The van der Waals surface area contributed by atoms with Crippen molar-refractivity contribution in [2.24, 2.45) is 0 Å². The minimum absolute atomic E-state index is 0.132. The predicted molar refractivity (Wildman–Crippen MR) is 80.5 cm³/mol. The van der Waals surface area contributed by atoms with Gasteiger partial charge >= 0.3 is 0 Å². The van der Waals surface area contributed by atoms with Crippen molar-refractivity contribution in [2.45, 2.75) is 46.6 Å². The average molecular weight is 276 g/mol. The number of rotatable bonds is 6. The van der Waals surface area contributed by atoms with Gasteiger partial charge in [0.25, 0.3) is 0 Å². The van der Waals surface area contributed by atoms with E-state index in [1.54, 1.807) is 6.92 Å². The molecule has 0 unspecified atom stereocenters. The Morgan fingerprint density at radius 3 is 2.50 bits per heavy atom. The summed E-state index contributed by atoms with van der Waals surface area (Å²) in [6.45, 7) is 8.39. The summed E-state index contributed by atoms with van der Waals surface area (Å²) >= 11 is 0. The van der Waals surface area contributed by atoms with Gasteiger partial charge in [0.15, 0.2) is 0 Å². The van der Waals surface area contributed by atoms with Crippen LogP contribution in [0, 0.1) is 13.8 Å². The van der Waals surface area contributed by atoms with Crippen LogP contribution < -0.4 is 10.6 Å². The van der Waals surface area contributed by atoms with Crippen LogP contribution >= 0.6 is 0 Å². The summed E-state index contributed by atoms with van der Waals surface area (Å²) in [5.41, 5.74) is 3.34. The molecule has 2 N–H and O–H groups in total. The molecule has 4 nitrogen and oxygen atoms in total. The summed E-state index contributed by atoms with van der Waals surface area (Å²) in [6.07, 6.45) is 1.18. The molecule has 0 saturated carbocycles. The van der Waals surface area contributed by atoms with Gasteiger partial charge in [0.05, 0.1) is 6.42 Å². The van der Waals surface area contributed by atoms with Crippen LogP contribution in [0.15, 0.2) is 18.2 Å². The molecule has 1 atom stereocenters. The van der Waals surface area contributed by atoms with Crippen LogP contribution in [0.2, 0.25) is 0 Å². The standard InChI is InChI=1S/C16H24N2O2/c1-5-8-17-16(20)13(4)18-15(19)10-14-7-6-11(2)12(3)9-14/h6-7,9,13H,5,8,10H2,1-4H3,(H,17,20)(H,18,19)/t13-/m1/s1. The summed E-state index contributed by atoms with van der Waals surface area (Å²) < 4.78 is 0. The van der Waals surface area contributed by atoms with Crippen molar-refractivity contribution in [3.05, 3.63) is 34.9 Å². The summed E-state index contributed by atoms with van der Waals surface area (Å²) in [7, 11) is 0. The number of nitrogens with one attached hydrogen (secondary N) is 2. The number of hydrogen-bond acceptors (Lipinski definition) is 2. The van der Waals surface area contributed by atoms with Gasteiger partial charge in [0.1, 0.15) is 6.04 Å². The summed E-state index contributed by atoms with van der Waals surface area (Å²) in [5.74, 6) is -0.271. The second kappa shape index (κ2) is 7.68. The lowest BCUT2D eigenvalue weighted by Gasteiger charge is -2.14. The molecular formula is C16H24N2O2. The zero-order valence-corrected chi connectivity index (χ0v) is 12.7. The molecule has 0 aliphatic carbocycles. The third-order valence-electron chi connectivity index (χ3n) is 3.26. The quantitative estimate of drug-likeness (QED) is 0.833. The van der Waals surface area contributed by atoms with Gasteiger partial charge in [-0.15, -0.1) is 0 Å². The Morgan fingerprint density at radius 2 is 1.90 bits per heavy atom. The van der Waals surface area contributed by atoms with E-state index in [2.05, 4.69) is 10.6 Å². The van der Waals surface area contributed by atoms with E-state index < -0.39 is 6.04 Å². The summed E-state index contributed by atoms with van der Waals surface area (Å²) in [5, 5.41) is 5.48. The molecule has 4 heteroatoms. The highest BCUT2D eigenvalue weighted by atomic mass is 16.2. The number of benzene rings is 1. The first kappa shape index (κ1) is 16.2. The van der Waals surface area contributed by atoms with E-state index in [9.17, 15) is 9.59 Å². The Balaban J connectivity index is 2.50. The zero-order chi connectivity index (χ0) is 15.1. The molecule has 1 aromatic carbocycles. The van der Waals surface area contributed by atoms with Crippen LogP contribution in [-0.2, 0) is 16.0 Å². The lowest BCUT2D eigenvalue weighted by Crippen LogP contribution is -2.45. The highest BCUT2D eigenvalue weighted by molar-refractivity contribution is 5.88. The van der Waals surface area contributed by atoms with Gasteiger partial charge in [0, 0.05) is 6.54 Å². The first-order valence-electron chi connectivity index (χ1n) is 7.07. The summed E-state index contributed by atoms with van der Waals surface area (Å²) in [6, 6.07) is 5.47. The van der Waals surface area contributed by atoms with Crippen LogP contribution in [0.25, 0.3) is 0 Å². The SMILES string of the molecule is CCCNC(=O)[C@@H](C)NC(=O)Cc1ccc(C)c(C)c1. The van der Waals surface area contributed by atoms with Crippen molar-refractivity contribution in [1.29, 1.82) is 0 Å². The molecule has 2 amide bonds. The third kappa shape index (κ3) is 5.03. The largest absolute Gasteiger partial charge is 0.354 e. The normalized spacial score (nSPS) is 11.8. The predicted octanol–water partition coefficient (Wildman–Crippen LogP) is 1.88. The van der Waals surface area contributed by atoms with Crippen LogP contribution in [-0.4, -0.2) is 24.4 Å². The van der Waals surface area contributed by atoms with Crippen molar-refractivity contribution in [2.75, 3.05) is 6.54 Å². The van der Waals surface area contributed by atoms with Gasteiger partial charge in [-0.2, -0.15) is 0 Å². The van der Waals surface area contributed by atoms with Gasteiger partial charge < -0.3 is 10.6 Å². The zero-order valence-electron chi connectivity index (χ0n) is 12.7. The second-order valence-electron chi connectivity index (χ2n) is 5.18. The van der Waals surface area contributed by atoms with Crippen molar-refractivity contribution < 1.29 is 9.59 Å². The first-order chi connectivity index (χ1) is 9.43. The smallest absolute Gasteiger partial charge is 0.242 e. The van der Waals surface area contributed by atoms with E-state index in [0.717, 1.165) is 12.0 Å². The number of hydrogen-bond donors (Lipinski definition) is 2.